The van der Waals surface area contributed by atoms with E-state index in [0.717, 1.165) is 0 Å². The predicted molar refractivity (Wildman–Crippen MR) is 70.5 cm³/mol. The normalized spacial score (nSPS) is 21.2. The highest BCUT2D eigenvalue weighted by atomic mass is 19.1. The largest absolute Gasteiger partial charge is 0.373 e. The van der Waals surface area contributed by atoms with Crippen molar-refractivity contribution in [3.05, 3.63) is 29.6 Å². The van der Waals surface area contributed by atoms with Gasteiger partial charge >= 0.3 is 0 Å². The summed E-state index contributed by atoms with van der Waals surface area (Å²) < 4.78 is 19.3. The van der Waals surface area contributed by atoms with Gasteiger partial charge in [-0.3, -0.25) is 4.79 Å². The fourth-order valence-electron chi connectivity index (χ4n) is 2.23. The molecule has 1 aliphatic heterocycles. The van der Waals surface area contributed by atoms with Gasteiger partial charge in [0.25, 0.3) is 5.91 Å². The Bertz CT molecular complexity index is 479. The third-order valence-corrected chi connectivity index (χ3v) is 3.26. The molecule has 104 valence electrons. The van der Waals surface area contributed by atoms with Gasteiger partial charge in [-0.25, -0.2) is 4.39 Å². The van der Waals surface area contributed by atoms with Crippen molar-refractivity contribution < 1.29 is 13.9 Å². The first-order chi connectivity index (χ1) is 9.00. The fraction of sp³-hybridized carbons (Fsp3) is 0.462. The summed E-state index contributed by atoms with van der Waals surface area (Å²) in [5.74, 6) is -1.37. The lowest BCUT2D eigenvalue weighted by molar-refractivity contribution is 0.0275. The van der Waals surface area contributed by atoms with Crippen LogP contribution in [0.5, 0.6) is 0 Å². The van der Waals surface area contributed by atoms with Crippen LogP contribution in [-0.2, 0) is 4.74 Å². The number of ether oxygens (including phenoxy) is 1. The minimum absolute atomic E-state index is 0.0761. The number of carbonyl (C=O) groups is 1. The van der Waals surface area contributed by atoms with Gasteiger partial charge in [0.1, 0.15) is 5.82 Å². The monoisotopic (exact) mass is 267 g/mol. The van der Waals surface area contributed by atoms with Gasteiger partial charge in [0, 0.05) is 19.1 Å². The maximum absolute atomic E-state index is 13.7. The number of nitrogens with two attached hydrogens (primary N) is 2. The first-order valence-corrected chi connectivity index (χ1v) is 6.21. The van der Waals surface area contributed by atoms with Crippen LogP contribution in [0, 0.1) is 5.82 Å². The molecule has 1 aliphatic rings. The molecule has 1 heterocycles. The second-order valence-electron chi connectivity index (χ2n) is 4.71. The van der Waals surface area contributed by atoms with E-state index in [1.54, 1.807) is 12.1 Å². The Morgan fingerprint density at radius 1 is 1.58 bits per heavy atom. The number of amides is 1. The van der Waals surface area contributed by atoms with Crippen LogP contribution >= 0.6 is 0 Å². The van der Waals surface area contributed by atoms with E-state index >= 15 is 0 Å². The second kappa shape index (κ2) is 5.54. The highest BCUT2D eigenvalue weighted by molar-refractivity contribution is 5.99. The Balaban J connectivity index is 2.31. The summed E-state index contributed by atoms with van der Waals surface area (Å²) >= 11 is 0. The molecule has 0 saturated carbocycles. The molecule has 0 aliphatic carbocycles. The summed E-state index contributed by atoms with van der Waals surface area (Å²) in [6.45, 7) is 3.43. The average Bonchev–Trinajstić information content (AvgIpc) is 2.38. The molecule has 1 fully saturated rings. The lowest BCUT2D eigenvalue weighted by Gasteiger charge is -2.36. The van der Waals surface area contributed by atoms with Crippen LogP contribution in [0.15, 0.2) is 18.2 Å². The zero-order valence-corrected chi connectivity index (χ0v) is 10.8. The number of benzene rings is 1. The number of morpholine rings is 1. The number of hydrogen-bond donors (Lipinski definition) is 2. The molecule has 1 saturated heterocycles. The molecule has 2 unspecified atom stereocenters. The van der Waals surface area contributed by atoms with Crippen molar-refractivity contribution in [3.8, 4) is 0 Å². The molecular weight excluding hydrogens is 249 g/mol. The van der Waals surface area contributed by atoms with E-state index in [1.807, 2.05) is 11.8 Å². The van der Waals surface area contributed by atoms with E-state index in [2.05, 4.69) is 0 Å². The van der Waals surface area contributed by atoms with E-state index in [4.69, 9.17) is 16.2 Å². The smallest absolute Gasteiger partial charge is 0.253 e. The fourth-order valence-corrected chi connectivity index (χ4v) is 2.23. The number of anilines is 1. The van der Waals surface area contributed by atoms with Crippen molar-refractivity contribution in [3.63, 3.8) is 0 Å². The summed E-state index contributed by atoms with van der Waals surface area (Å²) in [5, 5.41) is 0. The van der Waals surface area contributed by atoms with Gasteiger partial charge in [0.05, 0.1) is 24.0 Å². The maximum Gasteiger partial charge on any atom is 0.253 e. The molecule has 1 aromatic carbocycles. The van der Waals surface area contributed by atoms with Crippen molar-refractivity contribution in [2.45, 2.75) is 19.1 Å². The molecule has 19 heavy (non-hydrogen) atoms. The maximum atomic E-state index is 13.7. The third kappa shape index (κ3) is 2.85. The molecule has 1 amide bonds. The molecule has 5 nitrogen and oxygen atoms in total. The Labute approximate surface area is 111 Å². The van der Waals surface area contributed by atoms with Gasteiger partial charge in [-0.15, -0.1) is 0 Å². The first-order valence-electron chi connectivity index (χ1n) is 6.21. The molecule has 0 radical (unpaired) electrons. The Kier molecular flexibility index (Phi) is 4.01. The molecule has 0 aromatic heterocycles. The lowest BCUT2D eigenvalue weighted by atomic mass is 10.1. The summed E-state index contributed by atoms with van der Waals surface area (Å²) in [6.07, 6.45) is -0.141. The van der Waals surface area contributed by atoms with E-state index in [0.29, 0.717) is 25.4 Å². The standard InChI is InChI=1S/C13H18FN3O2/c1-8(15)11-7-17(5-6-19-11)10-4-2-3-9(14)12(10)13(16)18/h2-4,8,11H,5-7,15H2,1H3,(H2,16,18). The number of primary amides is 1. The molecular formula is C13H18FN3O2. The molecule has 2 atom stereocenters. The van der Waals surface area contributed by atoms with Crippen molar-refractivity contribution in [2.24, 2.45) is 11.5 Å². The van der Waals surface area contributed by atoms with E-state index in [9.17, 15) is 9.18 Å². The van der Waals surface area contributed by atoms with E-state index in [-0.39, 0.29) is 17.7 Å². The summed E-state index contributed by atoms with van der Waals surface area (Å²) in [5.41, 5.74) is 11.5. The minimum Gasteiger partial charge on any atom is -0.373 e. The van der Waals surface area contributed by atoms with Gasteiger partial charge in [-0.1, -0.05) is 6.07 Å². The van der Waals surface area contributed by atoms with Crippen LogP contribution < -0.4 is 16.4 Å². The number of nitrogens with zero attached hydrogens (tertiary/aromatic N) is 1. The number of carbonyl (C=O) groups excluding carboxylic acids is 1. The molecule has 4 N–H and O–H groups in total. The van der Waals surface area contributed by atoms with Crippen molar-refractivity contribution in [1.29, 1.82) is 0 Å². The van der Waals surface area contributed by atoms with E-state index in [1.165, 1.54) is 6.07 Å². The lowest BCUT2D eigenvalue weighted by Crippen LogP contribution is -2.50. The van der Waals surface area contributed by atoms with Gasteiger partial charge < -0.3 is 21.1 Å². The van der Waals surface area contributed by atoms with Crippen LogP contribution in [0.4, 0.5) is 10.1 Å². The van der Waals surface area contributed by atoms with Crippen LogP contribution in [0.1, 0.15) is 17.3 Å². The van der Waals surface area contributed by atoms with E-state index < -0.39 is 11.7 Å². The molecule has 0 spiro atoms. The Morgan fingerprint density at radius 2 is 2.32 bits per heavy atom. The number of halogens is 1. The third-order valence-electron chi connectivity index (χ3n) is 3.26. The van der Waals surface area contributed by atoms with Gasteiger partial charge in [-0.05, 0) is 19.1 Å². The molecule has 1 aromatic rings. The molecule has 0 bridgehead atoms. The van der Waals surface area contributed by atoms with Crippen LogP contribution in [0.25, 0.3) is 0 Å². The van der Waals surface area contributed by atoms with Gasteiger partial charge in [0.15, 0.2) is 0 Å². The topological polar surface area (TPSA) is 81.6 Å². The van der Waals surface area contributed by atoms with Gasteiger partial charge in [0.2, 0.25) is 0 Å². The van der Waals surface area contributed by atoms with Crippen molar-refractivity contribution in [1.82, 2.24) is 0 Å². The van der Waals surface area contributed by atoms with Crippen molar-refractivity contribution in [2.75, 3.05) is 24.6 Å². The minimum atomic E-state index is -0.767. The summed E-state index contributed by atoms with van der Waals surface area (Å²) in [7, 11) is 0. The van der Waals surface area contributed by atoms with Crippen molar-refractivity contribution >= 4 is 11.6 Å². The van der Waals surface area contributed by atoms with Crippen LogP contribution in [0.2, 0.25) is 0 Å². The first kappa shape index (κ1) is 13.8. The second-order valence-corrected chi connectivity index (χ2v) is 4.71. The zero-order chi connectivity index (χ0) is 14.0. The Morgan fingerprint density at radius 3 is 2.95 bits per heavy atom. The Hall–Kier alpha value is -1.66. The highest BCUT2D eigenvalue weighted by Crippen LogP contribution is 2.25. The quantitative estimate of drug-likeness (QED) is 0.834. The van der Waals surface area contributed by atoms with Gasteiger partial charge in [-0.2, -0.15) is 0 Å². The summed E-state index contributed by atoms with van der Waals surface area (Å²) in [4.78, 5) is 13.3. The average molecular weight is 267 g/mol. The summed E-state index contributed by atoms with van der Waals surface area (Å²) in [6, 6.07) is 4.35. The van der Waals surface area contributed by atoms with Crippen LogP contribution in [-0.4, -0.2) is 37.7 Å². The zero-order valence-electron chi connectivity index (χ0n) is 10.8. The molecule has 2 rings (SSSR count). The number of hydrogen-bond acceptors (Lipinski definition) is 4. The highest BCUT2D eigenvalue weighted by Gasteiger charge is 2.26. The van der Waals surface area contributed by atoms with Crippen LogP contribution in [0.3, 0.4) is 0 Å². The molecule has 6 heteroatoms. The predicted octanol–water partition coefficient (Wildman–Crippen LogP) is 0.477. The SMILES string of the molecule is CC(N)C1CN(c2cccc(F)c2C(N)=O)CCO1. The number of rotatable bonds is 3.